The third-order valence-electron chi connectivity index (χ3n) is 7.75. The van der Waals surface area contributed by atoms with E-state index in [1.54, 1.807) is 37.3 Å². The molecule has 0 radical (unpaired) electrons. The molecule has 1 aliphatic heterocycles. The van der Waals surface area contributed by atoms with E-state index in [0.717, 1.165) is 18.4 Å². The van der Waals surface area contributed by atoms with E-state index in [1.807, 2.05) is 39.8 Å². The van der Waals surface area contributed by atoms with Crippen molar-refractivity contribution in [2.24, 2.45) is 0 Å². The second-order valence-electron chi connectivity index (χ2n) is 12.7. The fourth-order valence-corrected chi connectivity index (χ4v) is 6.94. The van der Waals surface area contributed by atoms with Crippen molar-refractivity contribution in [1.29, 1.82) is 0 Å². The van der Waals surface area contributed by atoms with E-state index in [1.165, 1.54) is 24.3 Å². The van der Waals surface area contributed by atoms with Crippen LogP contribution in [0.3, 0.4) is 0 Å². The van der Waals surface area contributed by atoms with Gasteiger partial charge in [0.15, 0.2) is 6.29 Å². The molecule has 1 heterocycles. The first-order chi connectivity index (χ1) is 23.3. The highest BCUT2D eigenvalue weighted by molar-refractivity contribution is 7.91. The summed E-state index contributed by atoms with van der Waals surface area (Å²) in [5, 5.41) is 6.93. The first-order valence-electron chi connectivity index (χ1n) is 16.7. The van der Waals surface area contributed by atoms with Gasteiger partial charge in [0.1, 0.15) is 17.7 Å². The largest absolute Gasteiger partial charge is 0.462 e. The Bertz CT molecular complexity index is 1670. The fourth-order valence-electron chi connectivity index (χ4n) is 5.45. The van der Waals surface area contributed by atoms with Crippen molar-refractivity contribution in [1.82, 2.24) is 5.32 Å². The highest BCUT2D eigenvalue weighted by Crippen LogP contribution is 2.31. The number of sulfone groups is 1. The van der Waals surface area contributed by atoms with Gasteiger partial charge in [0, 0.05) is 30.4 Å². The molecule has 4 rings (SSSR count). The maximum absolute atomic E-state index is 13.7. The molecule has 266 valence electrons. The summed E-state index contributed by atoms with van der Waals surface area (Å²) < 4.78 is 50.4. The van der Waals surface area contributed by atoms with E-state index < -0.39 is 45.8 Å². The zero-order valence-corrected chi connectivity index (χ0v) is 30.4. The average molecular weight is 715 g/mol. The number of carbonyl (C=O) groups is 2. The van der Waals surface area contributed by atoms with Crippen LogP contribution in [0.25, 0.3) is 0 Å². The van der Waals surface area contributed by atoms with E-state index in [0.29, 0.717) is 48.8 Å². The molecule has 3 aromatic rings. The number of benzene rings is 3. The smallest absolute Gasteiger partial charge is 0.340 e. The predicted molar refractivity (Wildman–Crippen MR) is 189 cm³/mol. The molecule has 12 heteroatoms. The van der Waals surface area contributed by atoms with Crippen LogP contribution in [0.2, 0.25) is 5.02 Å². The molecule has 0 bridgehead atoms. The molecule has 0 spiro atoms. The number of halogens is 1. The van der Waals surface area contributed by atoms with Gasteiger partial charge in [-0.3, -0.25) is 4.79 Å². The SMILES string of the molecule is CCNc1ccc(S(=O)(=O)c2ccc(CCNC(C(=O)OC(C)(C)C)[C@H](OC3CCCCO3)c3cccc(Cl)c3)cc2)cc1C(=O)OCC. The van der Waals surface area contributed by atoms with Crippen LogP contribution in [0, 0.1) is 0 Å². The summed E-state index contributed by atoms with van der Waals surface area (Å²) in [4.78, 5) is 26.3. The van der Waals surface area contributed by atoms with Crippen LogP contribution >= 0.6 is 11.6 Å². The summed E-state index contributed by atoms with van der Waals surface area (Å²) in [5.74, 6) is -1.07. The van der Waals surface area contributed by atoms with Crippen molar-refractivity contribution < 1.29 is 37.0 Å². The van der Waals surface area contributed by atoms with Gasteiger partial charge < -0.3 is 29.6 Å². The van der Waals surface area contributed by atoms with Crippen molar-refractivity contribution in [2.75, 3.05) is 31.6 Å². The molecule has 1 fully saturated rings. The number of hydrogen-bond acceptors (Lipinski definition) is 10. The molecule has 49 heavy (non-hydrogen) atoms. The summed E-state index contributed by atoms with van der Waals surface area (Å²) >= 11 is 6.35. The maximum atomic E-state index is 13.7. The van der Waals surface area contributed by atoms with Gasteiger partial charge in [-0.05, 0) is 114 Å². The van der Waals surface area contributed by atoms with Gasteiger partial charge in [-0.2, -0.15) is 0 Å². The topological polar surface area (TPSA) is 129 Å². The molecule has 3 atom stereocenters. The Balaban J connectivity index is 1.53. The zero-order chi connectivity index (χ0) is 35.6. The van der Waals surface area contributed by atoms with Crippen LogP contribution in [-0.4, -0.2) is 64.6 Å². The number of hydrogen-bond donors (Lipinski definition) is 2. The minimum absolute atomic E-state index is 0.0131. The van der Waals surface area contributed by atoms with Crippen LogP contribution in [0.1, 0.15) is 81.5 Å². The minimum Gasteiger partial charge on any atom is -0.462 e. The number of esters is 2. The Morgan fingerprint density at radius 3 is 2.37 bits per heavy atom. The zero-order valence-electron chi connectivity index (χ0n) is 28.8. The van der Waals surface area contributed by atoms with Crippen molar-refractivity contribution in [3.63, 3.8) is 0 Å². The molecule has 3 aromatic carbocycles. The van der Waals surface area contributed by atoms with E-state index in [2.05, 4.69) is 10.6 Å². The number of anilines is 1. The average Bonchev–Trinajstić information content (AvgIpc) is 3.06. The van der Waals surface area contributed by atoms with E-state index in [4.69, 9.17) is 30.5 Å². The number of ether oxygens (including phenoxy) is 4. The second kappa shape index (κ2) is 17.4. The van der Waals surface area contributed by atoms with Gasteiger partial charge in [0.05, 0.1) is 22.0 Å². The number of carbonyl (C=O) groups excluding carboxylic acids is 2. The molecule has 0 amide bonds. The van der Waals surface area contributed by atoms with Crippen molar-refractivity contribution >= 4 is 39.1 Å². The molecule has 0 saturated carbocycles. The first-order valence-corrected chi connectivity index (χ1v) is 18.6. The van der Waals surface area contributed by atoms with Gasteiger partial charge in [-0.25, -0.2) is 13.2 Å². The first kappa shape index (κ1) is 38.3. The van der Waals surface area contributed by atoms with Crippen molar-refractivity contribution in [3.05, 3.63) is 88.4 Å². The molecule has 0 aliphatic carbocycles. The van der Waals surface area contributed by atoms with E-state index in [-0.39, 0.29) is 22.0 Å². The lowest BCUT2D eigenvalue weighted by Gasteiger charge is -2.33. The summed E-state index contributed by atoms with van der Waals surface area (Å²) in [6.07, 6.45) is 1.86. The molecular formula is C37H47ClN2O8S. The number of rotatable bonds is 15. The lowest BCUT2D eigenvalue weighted by Crippen LogP contribution is -2.47. The van der Waals surface area contributed by atoms with Crippen molar-refractivity contribution in [3.8, 4) is 0 Å². The van der Waals surface area contributed by atoms with Gasteiger partial charge in [-0.15, -0.1) is 0 Å². The third-order valence-corrected chi connectivity index (χ3v) is 9.75. The summed E-state index contributed by atoms with van der Waals surface area (Å²) in [7, 11) is -3.93. The van der Waals surface area contributed by atoms with E-state index >= 15 is 0 Å². The lowest BCUT2D eigenvalue weighted by molar-refractivity contribution is -0.202. The van der Waals surface area contributed by atoms with Crippen LogP contribution in [0.5, 0.6) is 0 Å². The Hall–Kier alpha value is -3.48. The van der Waals surface area contributed by atoms with Crippen LogP contribution < -0.4 is 10.6 Å². The molecular weight excluding hydrogens is 668 g/mol. The van der Waals surface area contributed by atoms with Gasteiger partial charge in [-0.1, -0.05) is 35.9 Å². The molecule has 1 saturated heterocycles. The predicted octanol–water partition coefficient (Wildman–Crippen LogP) is 6.91. The molecule has 1 aliphatic rings. The van der Waals surface area contributed by atoms with Crippen LogP contribution in [0.4, 0.5) is 5.69 Å². The highest BCUT2D eigenvalue weighted by atomic mass is 35.5. The third kappa shape index (κ3) is 10.8. The van der Waals surface area contributed by atoms with E-state index in [9.17, 15) is 18.0 Å². The Labute approximate surface area is 294 Å². The van der Waals surface area contributed by atoms with Crippen LogP contribution in [-0.2, 0) is 40.0 Å². The molecule has 10 nitrogen and oxygen atoms in total. The summed E-state index contributed by atoms with van der Waals surface area (Å²) in [5.41, 5.74) is 1.48. The highest BCUT2D eigenvalue weighted by Gasteiger charge is 2.36. The Morgan fingerprint density at radius 2 is 1.73 bits per heavy atom. The van der Waals surface area contributed by atoms with Crippen LogP contribution in [0.15, 0.2) is 76.5 Å². The normalized spacial score (nSPS) is 16.4. The second-order valence-corrected chi connectivity index (χ2v) is 15.1. The number of nitrogens with one attached hydrogen (secondary N) is 2. The maximum Gasteiger partial charge on any atom is 0.340 e. The summed E-state index contributed by atoms with van der Waals surface area (Å²) in [6, 6.07) is 17.3. The standard InChI is InChI=1S/C37H47ClN2O8S/c1-6-39-31-19-18-29(24-30(31)35(41)45-7-2)49(43,44)28-16-14-25(15-17-28)20-21-40-33(36(42)48-37(3,4)5)34(26-11-10-12-27(38)23-26)47-32-13-8-9-22-46-32/h10-12,14-19,23-24,32-34,39-40H,6-9,13,20-22H2,1-5H3/t32?,33?,34-/m1/s1. The molecule has 0 aromatic heterocycles. The summed E-state index contributed by atoms with van der Waals surface area (Å²) in [6.45, 7) is 10.7. The molecule has 2 N–H and O–H groups in total. The van der Waals surface area contributed by atoms with Gasteiger partial charge >= 0.3 is 11.9 Å². The quantitative estimate of drug-likeness (QED) is 0.160. The Morgan fingerprint density at radius 1 is 1.00 bits per heavy atom. The minimum atomic E-state index is -3.93. The monoisotopic (exact) mass is 714 g/mol. The fraction of sp³-hybridized carbons (Fsp3) is 0.459. The Kier molecular flexibility index (Phi) is 13.6. The van der Waals surface area contributed by atoms with Gasteiger partial charge in [0.2, 0.25) is 9.84 Å². The van der Waals surface area contributed by atoms with Crippen molar-refractivity contribution in [2.45, 2.75) is 94.1 Å². The lowest BCUT2D eigenvalue weighted by atomic mass is 10.0. The molecule has 2 unspecified atom stereocenters. The van der Waals surface area contributed by atoms with Gasteiger partial charge in [0.25, 0.3) is 0 Å².